The molecule has 0 atom stereocenters. The maximum atomic E-state index is 4.16. The number of rotatable bonds is 2. The second-order valence-corrected chi connectivity index (χ2v) is 7.10. The quantitative estimate of drug-likeness (QED) is 0.879. The minimum Gasteiger partial charge on any atom is -0.347 e. The van der Waals surface area contributed by atoms with Crippen molar-refractivity contribution in [1.29, 1.82) is 0 Å². The molecule has 2 heterocycles. The van der Waals surface area contributed by atoms with Gasteiger partial charge >= 0.3 is 0 Å². The minimum atomic E-state index is 0.172. The van der Waals surface area contributed by atoms with Crippen LogP contribution in [0.15, 0.2) is 5.51 Å². The van der Waals surface area contributed by atoms with Crippen LogP contribution in [0.4, 0.5) is 5.13 Å². The summed E-state index contributed by atoms with van der Waals surface area (Å²) in [6.45, 7) is 9.09. The van der Waals surface area contributed by atoms with Gasteiger partial charge in [-0.05, 0) is 40.5 Å². The Balaban J connectivity index is 2.16. The van der Waals surface area contributed by atoms with Gasteiger partial charge in [-0.1, -0.05) is 11.3 Å². The molecule has 1 N–H and O–H groups in total. The molecule has 0 spiro atoms. The molecule has 0 radical (unpaired) electrons. The number of nitrogens with one attached hydrogen (secondary N) is 1. The van der Waals surface area contributed by atoms with Gasteiger partial charge in [0.25, 0.3) is 0 Å². The van der Waals surface area contributed by atoms with Crippen LogP contribution in [0.25, 0.3) is 0 Å². The van der Waals surface area contributed by atoms with Crippen molar-refractivity contribution in [3.05, 3.63) is 5.51 Å². The second-order valence-electron chi connectivity index (χ2n) is 6.29. The number of hydrogen-bond acceptors (Lipinski definition) is 5. The van der Waals surface area contributed by atoms with Crippen molar-refractivity contribution in [3.63, 3.8) is 0 Å². The molecule has 17 heavy (non-hydrogen) atoms. The van der Waals surface area contributed by atoms with Crippen LogP contribution >= 0.6 is 11.3 Å². The second kappa shape index (κ2) is 4.21. The lowest BCUT2D eigenvalue weighted by molar-refractivity contribution is 0.161. The first kappa shape index (κ1) is 12.8. The van der Waals surface area contributed by atoms with Crippen LogP contribution in [-0.4, -0.2) is 34.4 Å². The van der Waals surface area contributed by atoms with Crippen LogP contribution < -0.4 is 10.2 Å². The summed E-state index contributed by atoms with van der Waals surface area (Å²) in [5, 5.41) is 12.8. The lowest BCUT2D eigenvalue weighted by Crippen LogP contribution is -2.61. The predicted octanol–water partition coefficient (Wildman–Crippen LogP) is 2.28. The molecule has 2 rings (SSSR count). The van der Waals surface area contributed by atoms with Crippen molar-refractivity contribution in [2.75, 3.05) is 11.9 Å². The number of nitrogens with zero attached hydrogens (tertiary/aromatic N) is 3. The fourth-order valence-electron chi connectivity index (χ4n) is 3.02. The van der Waals surface area contributed by atoms with Gasteiger partial charge in [0.05, 0.1) is 0 Å². The SMILES string of the molecule is CN(c1nncs1)C1CC(C)(C)NC(C)(C)C1. The van der Waals surface area contributed by atoms with Crippen molar-refractivity contribution in [2.24, 2.45) is 0 Å². The van der Waals surface area contributed by atoms with Crippen molar-refractivity contribution in [1.82, 2.24) is 15.5 Å². The van der Waals surface area contributed by atoms with E-state index in [1.54, 1.807) is 16.8 Å². The summed E-state index contributed by atoms with van der Waals surface area (Å²) in [4.78, 5) is 2.28. The maximum Gasteiger partial charge on any atom is 0.208 e. The van der Waals surface area contributed by atoms with E-state index >= 15 is 0 Å². The Morgan fingerprint density at radius 1 is 1.29 bits per heavy atom. The van der Waals surface area contributed by atoms with E-state index < -0.39 is 0 Å². The third kappa shape index (κ3) is 2.96. The fourth-order valence-corrected chi connectivity index (χ4v) is 3.62. The zero-order valence-electron chi connectivity index (χ0n) is 11.3. The van der Waals surface area contributed by atoms with Crippen molar-refractivity contribution >= 4 is 16.5 Å². The summed E-state index contributed by atoms with van der Waals surface area (Å²) in [6.07, 6.45) is 2.26. The molecule has 0 unspecified atom stereocenters. The van der Waals surface area contributed by atoms with Crippen LogP contribution in [0, 0.1) is 0 Å². The molecule has 0 aliphatic carbocycles. The molecule has 96 valence electrons. The molecule has 0 amide bonds. The summed E-state index contributed by atoms with van der Waals surface area (Å²) < 4.78 is 0. The highest BCUT2D eigenvalue weighted by atomic mass is 32.1. The monoisotopic (exact) mass is 254 g/mol. The minimum absolute atomic E-state index is 0.172. The summed E-state index contributed by atoms with van der Waals surface area (Å²) >= 11 is 1.61. The van der Waals surface area contributed by atoms with E-state index in [0.717, 1.165) is 18.0 Å². The summed E-state index contributed by atoms with van der Waals surface area (Å²) in [5.74, 6) is 0. The molecule has 5 heteroatoms. The molecule has 1 aliphatic heterocycles. The predicted molar refractivity (Wildman–Crippen MR) is 72.6 cm³/mol. The van der Waals surface area contributed by atoms with Gasteiger partial charge in [0.2, 0.25) is 5.13 Å². The summed E-state index contributed by atoms with van der Waals surface area (Å²) in [7, 11) is 2.13. The average Bonchev–Trinajstić information content (AvgIpc) is 2.63. The first-order valence-electron chi connectivity index (χ1n) is 6.07. The first-order chi connectivity index (χ1) is 7.79. The Hall–Kier alpha value is -0.680. The van der Waals surface area contributed by atoms with E-state index in [0.29, 0.717) is 6.04 Å². The summed E-state index contributed by atoms with van der Waals surface area (Å²) in [6, 6.07) is 0.522. The Bertz CT molecular complexity index is 356. The van der Waals surface area contributed by atoms with Gasteiger partial charge < -0.3 is 10.2 Å². The van der Waals surface area contributed by atoms with Crippen LogP contribution in [0.5, 0.6) is 0 Å². The molecule has 1 aliphatic rings. The normalized spacial score (nSPS) is 23.6. The van der Waals surface area contributed by atoms with Gasteiger partial charge in [0.1, 0.15) is 5.51 Å². The van der Waals surface area contributed by atoms with Crippen LogP contribution in [0.2, 0.25) is 0 Å². The van der Waals surface area contributed by atoms with Gasteiger partial charge in [0.15, 0.2) is 0 Å². The summed E-state index contributed by atoms with van der Waals surface area (Å²) in [5.41, 5.74) is 2.14. The molecule has 1 saturated heterocycles. The van der Waals surface area contributed by atoms with Crippen molar-refractivity contribution in [3.8, 4) is 0 Å². The zero-order valence-corrected chi connectivity index (χ0v) is 12.1. The number of anilines is 1. The Labute approximate surface area is 107 Å². The number of piperidine rings is 1. The highest BCUT2D eigenvalue weighted by Gasteiger charge is 2.39. The van der Waals surface area contributed by atoms with Crippen LogP contribution in [-0.2, 0) is 0 Å². The average molecular weight is 254 g/mol. The molecular formula is C12H22N4S. The highest BCUT2D eigenvalue weighted by Crippen LogP contribution is 2.33. The Morgan fingerprint density at radius 2 is 1.88 bits per heavy atom. The Morgan fingerprint density at radius 3 is 2.35 bits per heavy atom. The fraction of sp³-hybridized carbons (Fsp3) is 0.833. The molecule has 0 aromatic carbocycles. The highest BCUT2D eigenvalue weighted by molar-refractivity contribution is 7.13. The van der Waals surface area contributed by atoms with Crippen molar-refractivity contribution in [2.45, 2.75) is 57.7 Å². The van der Waals surface area contributed by atoms with Crippen LogP contribution in [0.3, 0.4) is 0 Å². The van der Waals surface area contributed by atoms with Crippen molar-refractivity contribution < 1.29 is 0 Å². The molecule has 4 nitrogen and oxygen atoms in total. The van der Waals surface area contributed by atoms with Gasteiger partial charge in [-0.3, -0.25) is 0 Å². The van der Waals surface area contributed by atoms with Crippen LogP contribution in [0.1, 0.15) is 40.5 Å². The van der Waals surface area contributed by atoms with E-state index in [9.17, 15) is 0 Å². The topological polar surface area (TPSA) is 41.1 Å². The van der Waals surface area contributed by atoms with Gasteiger partial charge in [0, 0.05) is 24.2 Å². The standard InChI is InChI=1S/C12H22N4S/c1-11(2)6-9(7-12(3,4)15-11)16(5)10-14-13-8-17-10/h8-9,15H,6-7H2,1-5H3. The third-order valence-electron chi connectivity index (χ3n) is 3.37. The van der Waals surface area contributed by atoms with E-state index in [4.69, 9.17) is 0 Å². The maximum absolute atomic E-state index is 4.16. The molecule has 1 aromatic rings. The van der Waals surface area contributed by atoms with Gasteiger partial charge in [-0.15, -0.1) is 10.2 Å². The zero-order chi connectivity index (χ0) is 12.7. The number of hydrogen-bond donors (Lipinski definition) is 1. The Kier molecular flexibility index (Phi) is 3.16. The van der Waals surface area contributed by atoms with E-state index in [2.05, 4.69) is 55.2 Å². The number of aromatic nitrogens is 2. The lowest BCUT2D eigenvalue weighted by atomic mass is 9.79. The van der Waals surface area contributed by atoms with Gasteiger partial charge in [-0.25, -0.2) is 0 Å². The molecule has 1 fully saturated rings. The van der Waals surface area contributed by atoms with Gasteiger partial charge in [-0.2, -0.15) is 0 Å². The lowest BCUT2D eigenvalue weighted by Gasteiger charge is -2.48. The molecule has 0 bridgehead atoms. The van der Waals surface area contributed by atoms with E-state index in [-0.39, 0.29) is 11.1 Å². The van der Waals surface area contributed by atoms with E-state index in [1.807, 2.05) is 0 Å². The molecule has 1 aromatic heterocycles. The smallest absolute Gasteiger partial charge is 0.208 e. The molecular weight excluding hydrogens is 232 g/mol. The van der Waals surface area contributed by atoms with E-state index in [1.165, 1.54) is 0 Å². The third-order valence-corrected chi connectivity index (χ3v) is 4.15. The molecule has 0 saturated carbocycles. The largest absolute Gasteiger partial charge is 0.347 e. The first-order valence-corrected chi connectivity index (χ1v) is 6.95.